The van der Waals surface area contributed by atoms with Crippen LogP contribution in [0.4, 0.5) is 4.39 Å². The third-order valence-electron chi connectivity index (χ3n) is 4.59. The number of hydrogen-bond acceptors (Lipinski definition) is 3. The fourth-order valence-corrected chi connectivity index (χ4v) is 4.36. The van der Waals surface area contributed by atoms with Gasteiger partial charge in [0, 0.05) is 22.7 Å². The Morgan fingerprint density at radius 3 is 2.74 bits per heavy atom. The van der Waals surface area contributed by atoms with Crippen LogP contribution in [-0.2, 0) is 4.79 Å². The number of hydrogen-bond donors (Lipinski definition) is 1. The van der Waals surface area contributed by atoms with E-state index in [4.69, 9.17) is 0 Å². The second-order valence-corrected chi connectivity index (χ2v) is 7.14. The maximum atomic E-state index is 14.0. The molecule has 3 rings (SSSR count). The zero-order chi connectivity index (χ0) is 16.7. The predicted octanol–water partition coefficient (Wildman–Crippen LogP) is 3.67. The van der Waals surface area contributed by atoms with Crippen molar-refractivity contribution in [2.24, 2.45) is 5.92 Å². The monoisotopic (exact) mass is 335 g/mol. The number of piperidine rings is 1. The Kier molecular flexibility index (Phi) is 4.10. The Balaban J connectivity index is 1.98. The lowest BCUT2D eigenvalue weighted by molar-refractivity contribution is -0.143. The SMILES string of the molecule is Cc1c(C(=O)N2CC(C(=O)O)CCC2C)sc2cccc(F)c12. The van der Waals surface area contributed by atoms with E-state index in [0.29, 0.717) is 28.7 Å². The average molecular weight is 335 g/mol. The topological polar surface area (TPSA) is 57.6 Å². The molecule has 2 unspecified atom stereocenters. The smallest absolute Gasteiger partial charge is 0.308 e. The minimum absolute atomic E-state index is 0.00689. The Labute approximate surface area is 137 Å². The highest BCUT2D eigenvalue weighted by Crippen LogP contribution is 2.34. The van der Waals surface area contributed by atoms with Crippen LogP contribution in [0.15, 0.2) is 18.2 Å². The van der Waals surface area contributed by atoms with Gasteiger partial charge in [0.2, 0.25) is 0 Å². The number of amides is 1. The van der Waals surface area contributed by atoms with Crippen molar-refractivity contribution in [3.05, 3.63) is 34.5 Å². The average Bonchev–Trinajstić information content (AvgIpc) is 2.85. The first-order valence-corrected chi connectivity index (χ1v) is 8.43. The van der Waals surface area contributed by atoms with E-state index < -0.39 is 11.9 Å². The first kappa shape index (κ1) is 15.9. The van der Waals surface area contributed by atoms with E-state index in [1.807, 2.05) is 6.92 Å². The molecule has 2 aromatic rings. The molecule has 122 valence electrons. The maximum Gasteiger partial charge on any atom is 0.308 e. The van der Waals surface area contributed by atoms with Crippen LogP contribution in [-0.4, -0.2) is 34.5 Å². The number of nitrogens with zero attached hydrogens (tertiary/aromatic N) is 1. The van der Waals surface area contributed by atoms with Crippen LogP contribution < -0.4 is 0 Å². The van der Waals surface area contributed by atoms with Crippen LogP contribution >= 0.6 is 11.3 Å². The van der Waals surface area contributed by atoms with E-state index in [1.165, 1.54) is 17.4 Å². The molecule has 2 atom stereocenters. The zero-order valence-electron chi connectivity index (χ0n) is 13.0. The van der Waals surface area contributed by atoms with Crippen LogP contribution in [0.2, 0.25) is 0 Å². The molecule has 1 aromatic heterocycles. The van der Waals surface area contributed by atoms with E-state index in [0.717, 1.165) is 4.70 Å². The van der Waals surface area contributed by atoms with Gasteiger partial charge in [-0.15, -0.1) is 11.3 Å². The van der Waals surface area contributed by atoms with Gasteiger partial charge in [-0.25, -0.2) is 4.39 Å². The molecule has 1 aliphatic heterocycles. The fourth-order valence-electron chi connectivity index (χ4n) is 3.18. The first-order chi connectivity index (χ1) is 10.9. The summed E-state index contributed by atoms with van der Waals surface area (Å²) in [7, 11) is 0. The molecular weight excluding hydrogens is 317 g/mol. The summed E-state index contributed by atoms with van der Waals surface area (Å²) in [6.07, 6.45) is 1.25. The lowest BCUT2D eigenvalue weighted by atomic mass is 9.93. The summed E-state index contributed by atoms with van der Waals surface area (Å²) in [5.41, 5.74) is 0.637. The van der Waals surface area contributed by atoms with E-state index in [9.17, 15) is 19.1 Å². The molecule has 4 nitrogen and oxygen atoms in total. The number of fused-ring (bicyclic) bond motifs is 1. The highest BCUT2D eigenvalue weighted by Gasteiger charge is 2.34. The number of carboxylic acids is 1. The van der Waals surface area contributed by atoms with Gasteiger partial charge in [0.05, 0.1) is 10.8 Å². The van der Waals surface area contributed by atoms with E-state index >= 15 is 0 Å². The van der Waals surface area contributed by atoms with Crippen molar-refractivity contribution in [1.29, 1.82) is 0 Å². The Hall–Kier alpha value is -1.95. The molecule has 0 spiro atoms. The number of aliphatic carboxylic acids is 1. The number of carbonyl (C=O) groups excluding carboxylic acids is 1. The lowest BCUT2D eigenvalue weighted by Gasteiger charge is -2.36. The molecule has 1 N–H and O–H groups in total. The van der Waals surface area contributed by atoms with Crippen molar-refractivity contribution in [2.45, 2.75) is 32.7 Å². The molecule has 0 radical (unpaired) electrons. The molecule has 0 aliphatic carbocycles. The van der Waals surface area contributed by atoms with Crippen LogP contribution in [0.5, 0.6) is 0 Å². The molecule has 2 heterocycles. The Morgan fingerprint density at radius 1 is 1.35 bits per heavy atom. The van der Waals surface area contributed by atoms with Crippen LogP contribution in [0.3, 0.4) is 0 Å². The van der Waals surface area contributed by atoms with Gasteiger partial charge < -0.3 is 10.0 Å². The van der Waals surface area contributed by atoms with Gasteiger partial charge in [0.25, 0.3) is 5.91 Å². The van der Waals surface area contributed by atoms with Gasteiger partial charge in [0.1, 0.15) is 5.82 Å². The number of carbonyl (C=O) groups is 2. The number of carboxylic acid groups (broad SMARTS) is 1. The largest absolute Gasteiger partial charge is 0.481 e. The van der Waals surface area contributed by atoms with E-state index in [2.05, 4.69) is 0 Å². The van der Waals surface area contributed by atoms with Crippen molar-refractivity contribution >= 4 is 33.3 Å². The molecule has 23 heavy (non-hydrogen) atoms. The van der Waals surface area contributed by atoms with E-state index in [-0.39, 0.29) is 24.3 Å². The number of halogens is 1. The van der Waals surface area contributed by atoms with Crippen molar-refractivity contribution < 1.29 is 19.1 Å². The zero-order valence-corrected chi connectivity index (χ0v) is 13.8. The highest BCUT2D eigenvalue weighted by molar-refractivity contribution is 7.21. The molecular formula is C17H18FNO3S. The van der Waals surface area contributed by atoms with Crippen LogP contribution in [0.25, 0.3) is 10.1 Å². The number of benzene rings is 1. The van der Waals surface area contributed by atoms with Crippen molar-refractivity contribution in [3.63, 3.8) is 0 Å². The standard InChI is InChI=1S/C17H18FNO3S/c1-9-6-7-11(17(21)22)8-19(9)16(20)15-10(2)14-12(18)4-3-5-13(14)23-15/h3-5,9,11H,6-8H2,1-2H3,(H,21,22). The molecule has 0 saturated carbocycles. The second kappa shape index (κ2) is 5.92. The number of likely N-dealkylation sites (tertiary alicyclic amines) is 1. The Morgan fingerprint density at radius 2 is 2.09 bits per heavy atom. The first-order valence-electron chi connectivity index (χ1n) is 7.61. The molecule has 1 aromatic carbocycles. The van der Waals surface area contributed by atoms with Gasteiger partial charge in [-0.1, -0.05) is 6.07 Å². The summed E-state index contributed by atoms with van der Waals surface area (Å²) in [6, 6.07) is 4.81. The minimum atomic E-state index is -0.867. The summed E-state index contributed by atoms with van der Waals surface area (Å²) in [6.45, 7) is 3.89. The quantitative estimate of drug-likeness (QED) is 0.911. The third-order valence-corrected chi connectivity index (χ3v) is 5.83. The molecule has 1 saturated heterocycles. The molecule has 6 heteroatoms. The van der Waals surface area contributed by atoms with Gasteiger partial charge in [-0.3, -0.25) is 9.59 Å². The van der Waals surface area contributed by atoms with Crippen molar-refractivity contribution in [2.75, 3.05) is 6.54 Å². The summed E-state index contributed by atoms with van der Waals surface area (Å²) in [4.78, 5) is 26.3. The summed E-state index contributed by atoms with van der Waals surface area (Å²) in [5, 5.41) is 9.70. The number of rotatable bonds is 2. The van der Waals surface area contributed by atoms with Gasteiger partial charge in [-0.05, 0) is 44.4 Å². The van der Waals surface area contributed by atoms with Crippen LogP contribution in [0.1, 0.15) is 35.0 Å². The number of thiophene rings is 1. The second-order valence-electron chi connectivity index (χ2n) is 6.09. The summed E-state index contributed by atoms with van der Waals surface area (Å²) in [5.74, 6) is -1.91. The molecule has 1 aliphatic rings. The molecule has 0 bridgehead atoms. The van der Waals surface area contributed by atoms with Crippen LogP contribution in [0, 0.1) is 18.7 Å². The highest BCUT2D eigenvalue weighted by atomic mass is 32.1. The fraction of sp³-hybridized carbons (Fsp3) is 0.412. The minimum Gasteiger partial charge on any atom is -0.481 e. The van der Waals surface area contributed by atoms with Crippen molar-refractivity contribution in [1.82, 2.24) is 4.90 Å². The number of aryl methyl sites for hydroxylation is 1. The Bertz CT molecular complexity index is 785. The third kappa shape index (κ3) is 2.72. The van der Waals surface area contributed by atoms with E-state index in [1.54, 1.807) is 24.0 Å². The predicted molar refractivity (Wildman–Crippen MR) is 87.4 cm³/mol. The molecule has 1 fully saturated rings. The normalized spacial score (nSPS) is 21.6. The van der Waals surface area contributed by atoms with Gasteiger partial charge in [-0.2, -0.15) is 0 Å². The maximum absolute atomic E-state index is 14.0. The summed E-state index contributed by atoms with van der Waals surface area (Å²) >= 11 is 1.27. The lowest BCUT2D eigenvalue weighted by Crippen LogP contribution is -2.47. The van der Waals surface area contributed by atoms with Crippen molar-refractivity contribution in [3.8, 4) is 0 Å². The summed E-state index contributed by atoms with van der Waals surface area (Å²) < 4.78 is 14.8. The van der Waals surface area contributed by atoms with Gasteiger partial charge >= 0.3 is 5.97 Å². The molecule has 1 amide bonds. The van der Waals surface area contributed by atoms with Gasteiger partial charge in [0.15, 0.2) is 0 Å².